The number of methoxy groups -OCH3 is 1. The van der Waals surface area contributed by atoms with Gasteiger partial charge < -0.3 is 14.8 Å². The predicted octanol–water partition coefficient (Wildman–Crippen LogP) is 4.37. The van der Waals surface area contributed by atoms with Crippen LogP contribution in [0.5, 0.6) is 5.75 Å². The number of nitrogens with one attached hydrogen (secondary N) is 2. The Morgan fingerprint density at radius 3 is 2.43 bits per heavy atom. The summed E-state index contributed by atoms with van der Waals surface area (Å²) in [5, 5.41) is 7.19. The van der Waals surface area contributed by atoms with E-state index in [-0.39, 0.29) is 0 Å². The summed E-state index contributed by atoms with van der Waals surface area (Å²) in [5.41, 5.74) is 4.75. The summed E-state index contributed by atoms with van der Waals surface area (Å²) in [5.74, 6) is -2.73. The first-order chi connectivity index (χ1) is 17.8. The molecule has 0 radical (unpaired) electrons. The van der Waals surface area contributed by atoms with Crippen LogP contribution in [0.2, 0.25) is 5.02 Å². The van der Waals surface area contributed by atoms with Crippen molar-refractivity contribution in [3.05, 3.63) is 80.7 Å². The van der Waals surface area contributed by atoms with Gasteiger partial charge in [0.25, 0.3) is 0 Å². The smallest absolute Gasteiger partial charge is 0.343 e. The Balaban J connectivity index is 1.36. The molecule has 1 aromatic heterocycles. The molecule has 0 saturated heterocycles. The number of hydrogen-bond donors (Lipinski definition) is 2. The maximum atomic E-state index is 12.4. The normalized spacial score (nSPS) is 12.5. The maximum absolute atomic E-state index is 12.4. The largest absolute Gasteiger partial charge is 0.465 e. The first-order valence-corrected chi connectivity index (χ1v) is 12.4. The number of hydrogen-bond acceptors (Lipinski definition) is 8. The van der Waals surface area contributed by atoms with Crippen LogP contribution in [0.4, 0.5) is 5.00 Å². The fourth-order valence-corrected chi connectivity index (χ4v) is 5.23. The Bertz CT molecular complexity index is 1410. The number of anilines is 1. The second kappa shape index (κ2) is 11.4. The second-order valence-electron chi connectivity index (χ2n) is 8.07. The van der Waals surface area contributed by atoms with E-state index in [4.69, 9.17) is 21.1 Å². The lowest BCUT2D eigenvalue weighted by Gasteiger charge is -2.07. The average Bonchev–Trinajstić information content (AvgIpc) is 3.48. The molecule has 0 spiro atoms. The van der Waals surface area contributed by atoms with E-state index in [0.717, 1.165) is 29.7 Å². The Morgan fingerprint density at radius 1 is 0.973 bits per heavy atom. The van der Waals surface area contributed by atoms with Crippen molar-refractivity contribution in [1.29, 1.82) is 0 Å². The molecule has 1 aliphatic rings. The highest BCUT2D eigenvalue weighted by atomic mass is 35.5. The van der Waals surface area contributed by atoms with Gasteiger partial charge in [-0.05, 0) is 79.8 Å². The molecule has 9 nitrogen and oxygen atoms in total. The quantitative estimate of drug-likeness (QED) is 0.158. The molecule has 37 heavy (non-hydrogen) atoms. The van der Waals surface area contributed by atoms with Gasteiger partial charge in [0.15, 0.2) is 0 Å². The van der Waals surface area contributed by atoms with Gasteiger partial charge in [0, 0.05) is 9.90 Å². The van der Waals surface area contributed by atoms with Crippen LogP contribution < -0.4 is 15.5 Å². The molecule has 11 heteroatoms. The molecule has 0 fully saturated rings. The van der Waals surface area contributed by atoms with E-state index in [0.29, 0.717) is 38.2 Å². The number of fused-ring (bicyclic) bond motifs is 1. The molecule has 1 heterocycles. The van der Waals surface area contributed by atoms with Crippen molar-refractivity contribution in [3.63, 3.8) is 0 Å². The van der Waals surface area contributed by atoms with Gasteiger partial charge in [-0.15, -0.1) is 11.3 Å². The Kier molecular flexibility index (Phi) is 8.00. The molecule has 0 unspecified atom stereocenters. The number of rotatable bonds is 6. The number of halogens is 1. The summed E-state index contributed by atoms with van der Waals surface area (Å²) in [6, 6.07) is 12.9. The topological polar surface area (TPSA) is 123 Å². The number of carbonyl (C=O) groups excluding carboxylic acids is 4. The third kappa shape index (κ3) is 6.04. The number of carbonyl (C=O) groups is 4. The van der Waals surface area contributed by atoms with E-state index in [1.807, 2.05) is 0 Å². The van der Waals surface area contributed by atoms with E-state index < -0.39 is 23.8 Å². The Morgan fingerprint density at radius 2 is 1.73 bits per heavy atom. The molecule has 0 aliphatic heterocycles. The van der Waals surface area contributed by atoms with Crippen LogP contribution in [-0.2, 0) is 27.2 Å². The number of hydrazone groups is 1. The molecule has 2 N–H and O–H groups in total. The molecule has 190 valence electrons. The van der Waals surface area contributed by atoms with E-state index in [9.17, 15) is 19.2 Å². The molecule has 2 amide bonds. The fourth-order valence-electron chi connectivity index (χ4n) is 3.77. The van der Waals surface area contributed by atoms with Gasteiger partial charge >= 0.3 is 23.8 Å². The van der Waals surface area contributed by atoms with Crippen LogP contribution in [0.15, 0.2) is 53.6 Å². The van der Waals surface area contributed by atoms with Crippen LogP contribution in [0.25, 0.3) is 0 Å². The number of esters is 2. The van der Waals surface area contributed by atoms with Crippen molar-refractivity contribution in [2.45, 2.75) is 26.2 Å². The lowest BCUT2D eigenvalue weighted by atomic mass is 10.1. The van der Waals surface area contributed by atoms with Gasteiger partial charge in [-0.25, -0.2) is 15.0 Å². The van der Waals surface area contributed by atoms with Crippen molar-refractivity contribution in [2.75, 3.05) is 12.4 Å². The van der Waals surface area contributed by atoms with Gasteiger partial charge in [-0.3, -0.25) is 9.59 Å². The first-order valence-electron chi connectivity index (χ1n) is 11.2. The molecule has 4 rings (SSSR count). The minimum absolute atomic E-state index is 0.292. The molecule has 1 aliphatic carbocycles. The number of thiophene rings is 1. The molecule has 0 atom stereocenters. The van der Waals surface area contributed by atoms with Crippen molar-refractivity contribution in [2.24, 2.45) is 5.10 Å². The SMILES string of the molecule is COC(=O)c1c(NC(=O)C(=O)N/N=C(\C)c2ccc(OC(=O)c3cccc(Cl)c3)cc2)sc2c1CCC2. The highest BCUT2D eigenvalue weighted by Gasteiger charge is 2.29. The Labute approximate surface area is 221 Å². The average molecular weight is 540 g/mol. The van der Waals surface area contributed by atoms with Crippen LogP contribution in [-0.4, -0.2) is 36.6 Å². The van der Waals surface area contributed by atoms with Crippen molar-refractivity contribution in [3.8, 4) is 5.75 Å². The highest BCUT2D eigenvalue weighted by Crippen LogP contribution is 2.39. The molecule has 0 saturated carbocycles. The van der Waals surface area contributed by atoms with E-state index >= 15 is 0 Å². The van der Waals surface area contributed by atoms with Gasteiger partial charge in [0.1, 0.15) is 10.8 Å². The fraction of sp³-hybridized carbons (Fsp3) is 0.192. The van der Waals surface area contributed by atoms with Crippen molar-refractivity contribution in [1.82, 2.24) is 5.43 Å². The van der Waals surface area contributed by atoms with Gasteiger partial charge in [-0.1, -0.05) is 17.7 Å². The monoisotopic (exact) mass is 539 g/mol. The van der Waals surface area contributed by atoms with Crippen LogP contribution in [0, 0.1) is 0 Å². The van der Waals surface area contributed by atoms with Crippen molar-refractivity contribution < 1.29 is 28.7 Å². The highest BCUT2D eigenvalue weighted by molar-refractivity contribution is 7.17. The summed E-state index contributed by atoms with van der Waals surface area (Å²) in [4.78, 5) is 50.3. The molecular formula is C26H22ClN3O6S. The predicted molar refractivity (Wildman–Crippen MR) is 140 cm³/mol. The number of ether oxygens (including phenoxy) is 2. The maximum Gasteiger partial charge on any atom is 0.343 e. The van der Waals surface area contributed by atoms with Crippen LogP contribution in [0.3, 0.4) is 0 Å². The first kappa shape index (κ1) is 26.1. The molecule has 2 aromatic carbocycles. The second-order valence-corrected chi connectivity index (χ2v) is 9.61. The number of amides is 2. The zero-order chi connectivity index (χ0) is 26.5. The third-order valence-corrected chi connectivity index (χ3v) is 7.05. The lowest BCUT2D eigenvalue weighted by molar-refractivity contribution is -0.136. The number of aryl methyl sites for hydroxylation is 1. The van der Waals surface area contributed by atoms with Crippen LogP contribution in [0.1, 0.15) is 50.1 Å². The zero-order valence-electron chi connectivity index (χ0n) is 19.9. The van der Waals surface area contributed by atoms with Crippen molar-refractivity contribution >= 4 is 57.4 Å². The summed E-state index contributed by atoms with van der Waals surface area (Å²) in [6.45, 7) is 1.64. The minimum atomic E-state index is -0.990. The molecule has 3 aromatic rings. The van der Waals surface area contributed by atoms with E-state index in [1.165, 1.54) is 24.5 Å². The molecule has 0 bridgehead atoms. The van der Waals surface area contributed by atoms with Gasteiger partial charge in [0.05, 0.1) is 23.9 Å². The molecular weight excluding hydrogens is 518 g/mol. The van der Waals surface area contributed by atoms with E-state index in [1.54, 1.807) is 49.4 Å². The number of nitrogens with zero attached hydrogens (tertiary/aromatic N) is 1. The van der Waals surface area contributed by atoms with Gasteiger partial charge in [-0.2, -0.15) is 5.10 Å². The van der Waals surface area contributed by atoms with Gasteiger partial charge in [0.2, 0.25) is 0 Å². The summed E-state index contributed by atoms with van der Waals surface area (Å²) < 4.78 is 10.2. The number of benzene rings is 2. The summed E-state index contributed by atoms with van der Waals surface area (Å²) in [7, 11) is 1.27. The summed E-state index contributed by atoms with van der Waals surface area (Å²) in [6.07, 6.45) is 2.47. The van der Waals surface area contributed by atoms with Crippen LogP contribution >= 0.6 is 22.9 Å². The third-order valence-electron chi connectivity index (χ3n) is 5.61. The zero-order valence-corrected chi connectivity index (χ0v) is 21.5. The minimum Gasteiger partial charge on any atom is -0.465 e. The van der Waals surface area contributed by atoms with E-state index in [2.05, 4.69) is 15.8 Å². The lowest BCUT2D eigenvalue weighted by Crippen LogP contribution is -2.33. The summed E-state index contributed by atoms with van der Waals surface area (Å²) >= 11 is 7.18. The Hall–Kier alpha value is -4.02. The standard InChI is InChI=1S/C26H22ClN3O6S/c1-14(15-9-11-18(12-10-15)36-25(33)16-5-3-6-17(27)13-16)29-30-23(32)22(31)28-24-21(26(34)35-2)19-7-4-8-20(19)37-24/h3,5-6,9-13H,4,7-8H2,1-2H3,(H,28,31)(H,30,32)/b29-14+.